The Morgan fingerprint density at radius 1 is 1.03 bits per heavy atom. The lowest BCUT2D eigenvalue weighted by Gasteiger charge is -2.59. The van der Waals surface area contributed by atoms with Crippen LogP contribution in [0, 0.1) is 11.3 Å². The zero-order valence-corrected chi connectivity index (χ0v) is 20.4. The van der Waals surface area contributed by atoms with E-state index in [1.54, 1.807) is 7.11 Å². The Kier molecular flexibility index (Phi) is 5.00. The highest BCUT2D eigenvalue weighted by Gasteiger charge is 2.70. The van der Waals surface area contributed by atoms with Crippen LogP contribution in [0.2, 0.25) is 0 Å². The maximum absolute atomic E-state index is 13.7. The molecule has 2 bridgehead atoms. The molecular weight excluding hydrogens is 474 g/mol. The van der Waals surface area contributed by atoms with Crippen LogP contribution in [0.3, 0.4) is 0 Å². The van der Waals surface area contributed by atoms with Gasteiger partial charge in [0, 0.05) is 41.4 Å². The number of fused-ring (bicyclic) bond motifs is 1. The Balaban J connectivity index is 1.55. The van der Waals surface area contributed by atoms with Gasteiger partial charge in [-0.2, -0.15) is 0 Å². The SMILES string of the molecule is COC(=O)C12CN(Cc3ccccc3)CC1C1(c3ccc(Br)cc3)CCC2c2ccccc21. The molecule has 0 aromatic heterocycles. The van der Waals surface area contributed by atoms with Crippen molar-refractivity contribution in [3.8, 4) is 0 Å². The summed E-state index contributed by atoms with van der Waals surface area (Å²) in [6, 6.07) is 28.3. The number of carbonyl (C=O) groups is 1. The van der Waals surface area contributed by atoms with Crippen LogP contribution >= 0.6 is 15.9 Å². The van der Waals surface area contributed by atoms with E-state index in [9.17, 15) is 4.79 Å². The number of carbonyl (C=O) groups excluding carboxylic acids is 1. The van der Waals surface area contributed by atoms with Crippen LogP contribution in [-0.4, -0.2) is 31.1 Å². The standard InChI is InChI=1S/C29H28BrNO2/c1-33-27(32)29-19-31(17-20-7-3-2-4-8-20)18-26(29)28(21-11-13-22(30)14-12-21)16-15-25(29)23-9-5-6-10-24(23)28/h2-14,25-26H,15-19H2,1H3. The molecule has 3 aromatic carbocycles. The zero-order valence-electron chi connectivity index (χ0n) is 18.8. The summed E-state index contributed by atoms with van der Waals surface area (Å²) in [6.45, 7) is 2.50. The van der Waals surface area contributed by atoms with Gasteiger partial charge >= 0.3 is 5.97 Å². The van der Waals surface area contributed by atoms with Gasteiger partial charge in [0.15, 0.2) is 0 Å². The second kappa shape index (κ2) is 7.82. The van der Waals surface area contributed by atoms with Crippen LogP contribution in [0.25, 0.3) is 0 Å². The number of nitrogens with zero attached hydrogens (tertiary/aromatic N) is 1. The summed E-state index contributed by atoms with van der Waals surface area (Å²) in [4.78, 5) is 16.2. The molecule has 33 heavy (non-hydrogen) atoms. The third-order valence-electron chi connectivity index (χ3n) is 8.58. The van der Waals surface area contributed by atoms with Gasteiger partial charge in [0.1, 0.15) is 0 Å². The van der Waals surface area contributed by atoms with E-state index in [1.807, 2.05) is 0 Å². The summed E-state index contributed by atoms with van der Waals surface area (Å²) in [5, 5.41) is 0. The molecule has 7 rings (SSSR count). The Morgan fingerprint density at radius 2 is 1.76 bits per heavy atom. The van der Waals surface area contributed by atoms with E-state index in [1.165, 1.54) is 22.3 Å². The molecule has 4 aliphatic rings. The Labute approximate surface area is 203 Å². The smallest absolute Gasteiger partial charge is 0.314 e. The van der Waals surface area contributed by atoms with Crippen LogP contribution in [-0.2, 0) is 21.5 Å². The number of halogens is 1. The monoisotopic (exact) mass is 501 g/mol. The summed E-state index contributed by atoms with van der Waals surface area (Å²) in [7, 11) is 1.56. The molecule has 0 radical (unpaired) electrons. The first-order chi connectivity index (χ1) is 16.1. The molecule has 2 fully saturated rings. The lowest BCUT2D eigenvalue weighted by molar-refractivity contribution is -0.161. The second-order valence-electron chi connectivity index (χ2n) is 9.90. The number of hydrogen-bond donors (Lipinski definition) is 0. The molecule has 4 heteroatoms. The van der Waals surface area contributed by atoms with Gasteiger partial charge in [-0.1, -0.05) is 82.7 Å². The van der Waals surface area contributed by atoms with E-state index < -0.39 is 5.41 Å². The second-order valence-corrected chi connectivity index (χ2v) is 10.8. The molecule has 0 amide bonds. The van der Waals surface area contributed by atoms with Gasteiger partial charge in [-0.3, -0.25) is 9.69 Å². The van der Waals surface area contributed by atoms with Crippen molar-refractivity contribution >= 4 is 21.9 Å². The van der Waals surface area contributed by atoms with Crippen molar-refractivity contribution in [2.45, 2.75) is 30.7 Å². The number of benzene rings is 3. The molecular formula is C29H28BrNO2. The summed E-state index contributed by atoms with van der Waals surface area (Å²) >= 11 is 3.62. The van der Waals surface area contributed by atoms with Crippen molar-refractivity contribution in [3.63, 3.8) is 0 Å². The van der Waals surface area contributed by atoms with E-state index in [0.29, 0.717) is 0 Å². The van der Waals surface area contributed by atoms with Gasteiger partial charge in [0.05, 0.1) is 12.5 Å². The van der Waals surface area contributed by atoms with E-state index >= 15 is 0 Å². The fraction of sp³-hybridized carbons (Fsp3) is 0.345. The molecule has 1 saturated carbocycles. The number of hydrogen-bond acceptors (Lipinski definition) is 3. The number of likely N-dealkylation sites (tertiary alicyclic amines) is 1. The molecule has 3 aromatic rings. The van der Waals surface area contributed by atoms with Crippen molar-refractivity contribution in [3.05, 3.63) is 106 Å². The molecule has 1 aliphatic heterocycles. The lowest BCUT2D eigenvalue weighted by atomic mass is 9.42. The van der Waals surface area contributed by atoms with E-state index in [-0.39, 0.29) is 23.2 Å². The molecule has 0 spiro atoms. The Bertz CT molecular complexity index is 1190. The Morgan fingerprint density at radius 3 is 2.52 bits per heavy atom. The van der Waals surface area contributed by atoms with Gasteiger partial charge in [0.25, 0.3) is 0 Å². The maximum Gasteiger partial charge on any atom is 0.314 e. The van der Waals surface area contributed by atoms with Crippen molar-refractivity contribution in [2.75, 3.05) is 20.2 Å². The van der Waals surface area contributed by atoms with Gasteiger partial charge in [-0.15, -0.1) is 0 Å². The summed E-state index contributed by atoms with van der Waals surface area (Å²) < 4.78 is 6.67. The molecule has 3 nitrogen and oxygen atoms in total. The van der Waals surface area contributed by atoms with E-state index in [2.05, 4.69) is 99.7 Å². The fourth-order valence-corrected chi connectivity index (χ4v) is 7.69. The highest BCUT2D eigenvalue weighted by atomic mass is 79.9. The summed E-state index contributed by atoms with van der Waals surface area (Å²) in [5.41, 5.74) is 4.65. The molecule has 1 heterocycles. The first-order valence-corrected chi connectivity index (χ1v) is 12.6. The van der Waals surface area contributed by atoms with Crippen LogP contribution in [0.1, 0.15) is 41.0 Å². The molecule has 0 N–H and O–H groups in total. The average Bonchev–Trinajstić information content (AvgIpc) is 3.26. The number of methoxy groups -OCH3 is 1. The minimum absolute atomic E-state index is 0.0382. The van der Waals surface area contributed by atoms with Crippen LogP contribution in [0.4, 0.5) is 0 Å². The van der Waals surface area contributed by atoms with Gasteiger partial charge < -0.3 is 4.74 Å². The van der Waals surface area contributed by atoms with Gasteiger partial charge in [-0.05, 0) is 47.2 Å². The summed E-state index contributed by atoms with van der Waals surface area (Å²) in [5.74, 6) is 0.337. The van der Waals surface area contributed by atoms with Crippen LogP contribution in [0.5, 0.6) is 0 Å². The third-order valence-corrected chi connectivity index (χ3v) is 9.11. The molecule has 3 aliphatic carbocycles. The minimum Gasteiger partial charge on any atom is -0.469 e. The average molecular weight is 502 g/mol. The minimum atomic E-state index is -0.525. The van der Waals surface area contributed by atoms with Crippen LogP contribution < -0.4 is 0 Å². The van der Waals surface area contributed by atoms with E-state index in [4.69, 9.17) is 4.74 Å². The largest absolute Gasteiger partial charge is 0.469 e. The zero-order chi connectivity index (χ0) is 22.6. The first kappa shape index (κ1) is 21.1. The number of rotatable bonds is 4. The Hall–Kier alpha value is -2.43. The third kappa shape index (κ3) is 2.93. The fourth-order valence-electron chi connectivity index (χ4n) is 7.43. The molecule has 168 valence electrons. The van der Waals surface area contributed by atoms with Crippen molar-refractivity contribution in [1.82, 2.24) is 4.90 Å². The lowest BCUT2D eigenvalue weighted by Crippen LogP contribution is -2.60. The molecule has 1 saturated heterocycles. The number of esters is 1. The molecule has 4 unspecified atom stereocenters. The van der Waals surface area contributed by atoms with Crippen molar-refractivity contribution in [2.24, 2.45) is 11.3 Å². The highest BCUT2D eigenvalue weighted by Crippen LogP contribution is 2.69. The summed E-state index contributed by atoms with van der Waals surface area (Å²) in [6.07, 6.45) is 2.08. The van der Waals surface area contributed by atoms with E-state index in [0.717, 1.165) is 36.9 Å². The highest BCUT2D eigenvalue weighted by molar-refractivity contribution is 9.10. The van der Waals surface area contributed by atoms with Gasteiger partial charge in [0.2, 0.25) is 0 Å². The topological polar surface area (TPSA) is 29.5 Å². The predicted molar refractivity (Wildman–Crippen MR) is 133 cm³/mol. The number of ether oxygens (including phenoxy) is 1. The van der Waals surface area contributed by atoms with Crippen LogP contribution in [0.15, 0.2) is 83.3 Å². The normalized spacial score (nSPS) is 30.0. The predicted octanol–water partition coefficient (Wildman–Crippen LogP) is 5.92. The molecule has 4 atom stereocenters. The van der Waals surface area contributed by atoms with Crippen molar-refractivity contribution in [1.29, 1.82) is 0 Å². The quantitative estimate of drug-likeness (QED) is 0.415. The first-order valence-electron chi connectivity index (χ1n) is 11.8. The van der Waals surface area contributed by atoms with Gasteiger partial charge in [-0.25, -0.2) is 0 Å². The maximum atomic E-state index is 13.7. The van der Waals surface area contributed by atoms with Crippen molar-refractivity contribution < 1.29 is 9.53 Å².